The van der Waals surface area contributed by atoms with E-state index in [-0.39, 0.29) is 0 Å². The Kier molecular flexibility index (Phi) is 5.86. The van der Waals surface area contributed by atoms with Crippen LogP contribution in [-0.4, -0.2) is 31.1 Å². The summed E-state index contributed by atoms with van der Waals surface area (Å²) < 4.78 is 0. The van der Waals surface area contributed by atoms with Gasteiger partial charge in [0.25, 0.3) is 0 Å². The highest BCUT2D eigenvalue weighted by atomic mass is 32.1. The summed E-state index contributed by atoms with van der Waals surface area (Å²) in [5, 5.41) is 3.48. The van der Waals surface area contributed by atoms with Crippen LogP contribution in [0, 0.1) is 0 Å². The monoisotopic (exact) mass is 280 g/mol. The fraction of sp³-hybridized carbons (Fsp3) is 0.750. The molecule has 0 spiro atoms. The number of likely N-dealkylation sites (N-methyl/N-ethyl adjacent to an activating group) is 1. The molecule has 1 heterocycles. The van der Waals surface area contributed by atoms with Crippen molar-refractivity contribution in [2.24, 2.45) is 0 Å². The lowest BCUT2D eigenvalue weighted by molar-refractivity contribution is 0.322. The van der Waals surface area contributed by atoms with Crippen LogP contribution in [0.15, 0.2) is 6.07 Å². The molecule has 2 rings (SSSR count). The van der Waals surface area contributed by atoms with Gasteiger partial charge in [0.1, 0.15) is 0 Å². The van der Waals surface area contributed by atoms with E-state index in [9.17, 15) is 0 Å². The van der Waals surface area contributed by atoms with Gasteiger partial charge in [0.05, 0.1) is 0 Å². The Morgan fingerprint density at radius 2 is 2.05 bits per heavy atom. The summed E-state index contributed by atoms with van der Waals surface area (Å²) in [5.74, 6) is 0. The van der Waals surface area contributed by atoms with E-state index in [1.54, 1.807) is 15.3 Å². The van der Waals surface area contributed by atoms with Gasteiger partial charge in [-0.1, -0.05) is 20.3 Å². The summed E-state index contributed by atoms with van der Waals surface area (Å²) >= 11 is 2.05. The van der Waals surface area contributed by atoms with Crippen molar-refractivity contribution >= 4 is 11.3 Å². The lowest BCUT2D eigenvalue weighted by atomic mass is 10.1. The third-order valence-corrected chi connectivity index (χ3v) is 4.99. The zero-order valence-corrected chi connectivity index (χ0v) is 13.5. The molecule has 1 aliphatic carbocycles. The second-order valence-electron chi connectivity index (χ2n) is 6.07. The quantitative estimate of drug-likeness (QED) is 0.803. The minimum absolute atomic E-state index is 0.589. The topological polar surface area (TPSA) is 15.3 Å². The van der Waals surface area contributed by atoms with Crippen molar-refractivity contribution in [3.8, 4) is 0 Å². The van der Waals surface area contributed by atoms with E-state index in [2.05, 4.69) is 48.5 Å². The summed E-state index contributed by atoms with van der Waals surface area (Å²) in [4.78, 5) is 5.65. The summed E-state index contributed by atoms with van der Waals surface area (Å²) in [6.45, 7) is 7.73. The Balaban J connectivity index is 1.82. The molecule has 0 saturated heterocycles. The van der Waals surface area contributed by atoms with E-state index in [1.807, 2.05) is 0 Å². The molecule has 1 aliphatic rings. The third kappa shape index (κ3) is 4.90. The molecule has 0 radical (unpaired) electrons. The van der Waals surface area contributed by atoms with E-state index < -0.39 is 0 Å². The van der Waals surface area contributed by atoms with Gasteiger partial charge >= 0.3 is 0 Å². The first-order valence-corrected chi connectivity index (χ1v) is 8.49. The Morgan fingerprint density at radius 3 is 2.84 bits per heavy atom. The fourth-order valence-electron chi connectivity index (χ4n) is 2.70. The van der Waals surface area contributed by atoms with E-state index >= 15 is 0 Å². The summed E-state index contributed by atoms with van der Waals surface area (Å²) in [6.07, 6.45) is 6.82. The first-order chi connectivity index (χ1) is 9.15. The molecule has 0 atom stereocenters. The van der Waals surface area contributed by atoms with Gasteiger partial charge in [0.2, 0.25) is 0 Å². The van der Waals surface area contributed by atoms with Gasteiger partial charge in [-0.05, 0) is 44.4 Å². The van der Waals surface area contributed by atoms with Crippen LogP contribution >= 0.6 is 11.3 Å². The zero-order chi connectivity index (χ0) is 13.7. The average molecular weight is 280 g/mol. The molecular weight excluding hydrogens is 252 g/mol. The number of rotatable bonds is 6. The maximum absolute atomic E-state index is 3.48. The van der Waals surface area contributed by atoms with Crippen molar-refractivity contribution in [3.05, 3.63) is 21.4 Å². The second kappa shape index (κ2) is 7.41. The molecule has 0 bridgehead atoms. The van der Waals surface area contributed by atoms with Gasteiger partial charge in [0.15, 0.2) is 0 Å². The van der Waals surface area contributed by atoms with Crippen LogP contribution < -0.4 is 5.32 Å². The molecule has 1 aromatic heterocycles. The SMILES string of the molecule is CC(C)NCCN(C)Cc1cc2c(s1)CCCCC2. The number of hydrogen-bond acceptors (Lipinski definition) is 3. The van der Waals surface area contributed by atoms with Crippen LogP contribution in [-0.2, 0) is 19.4 Å². The molecule has 0 amide bonds. The van der Waals surface area contributed by atoms with Gasteiger partial charge < -0.3 is 10.2 Å². The molecule has 19 heavy (non-hydrogen) atoms. The Bertz CT molecular complexity index is 361. The normalized spacial score (nSPS) is 15.8. The Morgan fingerprint density at radius 1 is 1.26 bits per heavy atom. The number of nitrogens with zero attached hydrogens (tertiary/aromatic N) is 1. The average Bonchev–Trinajstić information content (AvgIpc) is 2.58. The van der Waals surface area contributed by atoms with E-state index in [1.165, 1.54) is 32.1 Å². The van der Waals surface area contributed by atoms with Crippen LogP contribution in [0.4, 0.5) is 0 Å². The molecule has 0 fully saturated rings. The Hall–Kier alpha value is -0.380. The molecular formula is C16H28N2S. The van der Waals surface area contributed by atoms with Gasteiger partial charge in [0, 0.05) is 35.4 Å². The minimum Gasteiger partial charge on any atom is -0.313 e. The predicted octanol–water partition coefficient (Wildman–Crippen LogP) is 3.45. The number of hydrogen-bond donors (Lipinski definition) is 1. The number of fused-ring (bicyclic) bond motifs is 1. The number of thiophene rings is 1. The lowest BCUT2D eigenvalue weighted by Crippen LogP contribution is -2.32. The van der Waals surface area contributed by atoms with Crippen LogP contribution in [0.5, 0.6) is 0 Å². The summed E-state index contributed by atoms with van der Waals surface area (Å²) in [7, 11) is 2.23. The molecule has 0 aliphatic heterocycles. The predicted molar refractivity (Wildman–Crippen MR) is 85.1 cm³/mol. The largest absolute Gasteiger partial charge is 0.313 e. The van der Waals surface area contributed by atoms with Crippen LogP contribution in [0.25, 0.3) is 0 Å². The standard InChI is InChI=1S/C16H28N2S/c1-13(2)17-9-10-18(3)12-15-11-14-7-5-4-6-8-16(14)19-15/h11,13,17H,4-10,12H2,1-3H3. The van der Waals surface area contributed by atoms with E-state index in [0.29, 0.717) is 6.04 Å². The van der Waals surface area contributed by atoms with Crippen molar-refractivity contribution in [1.29, 1.82) is 0 Å². The third-order valence-electron chi connectivity index (χ3n) is 3.77. The first-order valence-electron chi connectivity index (χ1n) is 7.67. The van der Waals surface area contributed by atoms with Crippen LogP contribution in [0.3, 0.4) is 0 Å². The highest BCUT2D eigenvalue weighted by Gasteiger charge is 2.13. The van der Waals surface area contributed by atoms with Crippen molar-refractivity contribution in [1.82, 2.24) is 10.2 Å². The van der Waals surface area contributed by atoms with Crippen molar-refractivity contribution in [2.75, 3.05) is 20.1 Å². The van der Waals surface area contributed by atoms with Crippen LogP contribution in [0.2, 0.25) is 0 Å². The zero-order valence-electron chi connectivity index (χ0n) is 12.7. The highest BCUT2D eigenvalue weighted by molar-refractivity contribution is 7.12. The minimum atomic E-state index is 0.589. The fourth-order valence-corrected chi connectivity index (χ4v) is 4.04. The molecule has 0 unspecified atom stereocenters. The second-order valence-corrected chi connectivity index (χ2v) is 7.29. The van der Waals surface area contributed by atoms with Crippen molar-refractivity contribution in [2.45, 2.75) is 58.5 Å². The smallest absolute Gasteiger partial charge is 0.0325 e. The van der Waals surface area contributed by atoms with Crippen LogP contribution in [0.1, 0.15) is 48.4 Å². The maximum Gasteiger partial charge on any atom is 0.0325 e. The lowest BCUT2D eigenvalue weighted by Gasteiger charge is -2.17. The highest BCUT2D eigenvalue weighted by Crippen LogP contribution is 2.29. The van der Waals surface area contributed by atoms with Gasteiger partial charge in [-0.3, -0.25) is 0 Å². The molecule has 0 saturated carbocycles. The molecule has 2 nitrogen and oxygen atoms in total. The molecule has 3 heteroatoms. The maximum atomic E-state index is 3.48. The molecule has 0 aromatic carbocycles. The number of aryl methyl sites for hydroxylation is 2. The van der Waals surface area contributed by atoms with Gasteiger partial charge in [-0.2, -0.15) is 0 Å². The van der Waals surface area contributed by atoms with Gasteiger partial charge in [-0.15, -0.1) is 11.3 Å². The molecule has 108 valence electrons. The summed E-state index contributed by atoms with van der Waals surface area (Å²) in [6, 6.07) is 3.06. The summed E-state index contributed by atoms with van der Waals surface area (Å²) in [5.41, 5.74) is 1.64. The van der Waals surface area contributed by atoms with E-state index in [0.717, 1.165) is 19.6 Å². The first kappa shape index (κ1) is 15.0. The Labute approximate surface area is 122 Å². The van der Waals surface area contributed by atoms with Gasteiger partial charge in [-0.25, -0.2) is 0 Å². The molecule has 1 N–H and O–H groups in total. The number of nitrogens with one attached hydrogen (secondary N) is 1. The van der Waals surface area contributed by atoms with Crippen molar-refractivity contribution < 1.29 is 0 Å². The molecule has 1 aromatic rings. The van der Waals surface area contributed by atoms with E-state index in [4.69, 9.17) is 0 Å². The van der Waals surface area contributed by atoms with Crippen molar-refractivity contribution in [3.63, 3.8) is 0 Å².